The van der Waals surface area contributed by atoms with Crippen molar-refractivity contribution in [2.24, 2.45) is 0 Å². The van der Waals surface area contributed by atoms with Gasteiger partial charge in [-0.15, -0.1) is 11.3 Å². The first kappa shape index (κ1) is 16.5. The van der Waals surface area contributed by atoms with E-state index in [0.717, 1.165) is 5.69 Å². The standard InChI is InChI=1S/C16H11BrFN3O2S/c17-10-4-5-14(11(18)7-10)23-8-15(22)21-16-20-13(9-24-16)12-3-1-2-6-19-12/h1-7,9H,8H2,(H,20,21,22). The van der Waals surface area contributed by atoms with Crippen LogP contribution in [0.3, 0.4) is 0 Å². The Morgan fingerprint density at radius 1 is 1.29 bits per heavy atom. The first-order valence-corrected chi connectivity index (χ1v) is 8.54. The summed E-state index contributed by atoms with van der Waals surface area (Å²) in [6.45, 7) is -0.308. The molecule has 0 aliphatic carbocycles. The van der Waals surface area contributed by atoms with Crippen LogP contribution in [0, 0.1) is 5.82 Å². The van der Waals surface area contributed by atoms with Crippen LogP contribution in [0.5, 0.6) is 5.75 Å². The number of carbonyl (C=O) groups excluding carboxylic acids is 1. The molecule has 0 aliphatic rings. The van der Waals surface area contributed by atoms with Gasteiger partial charge in [0.1, 0.15) is 5.69 Å². The van der Waals surface area contributed by atoms with E-state index in [4.69, 9.17) is 4.74 Å². The van der Waals surface area contributed by atoms with Gasteiger partial charge in [0.15, 0.2) is 23.3 Å². The normalized spacial score (nSPS) is 10.4. The van der Waals surface area contributed by atoms with Gasteiger partial charge in [-0.3, -0.25) is 15.1 Å². The first-order chi connectivity index (χ1) is 11.6. The van der Waals surface area contributed by atoms with Crippen LogP contribution < -0.4 is 10.1 Å². The number of hydrogen-bond donors (Lipinski definition) is 1. The SMILES string of the molecule is O=C(COc1ccc(Br)cc1F)Nc1nc(-c2ccccn2)cs1. The molecule has 0 saturated heterocycles. The summed E-state index contributed by atoms with van der Waals surface area (Å²) in [5.41, 5.74) is 1.40. The Bertz CT molecular complexity index is 858. The van der Waals surface area contributed by atoms with Crippen molar-refractivity contribution in [2.75, 3.05) is 11.9 Å². The molecule has 3 aromatic rings. The maximum atomic E-state index is 13.6. The fourth-order valence-electron chi connectivity index (χ4n) is 1.85. The fraction of sp³-hybridized carbons (Fsp3) is 0.0625. The fourth-order valence-corrected chi connectivity index (χ4v) is 2.91. The quantitative estimate of drug-likeness (QED) is 0.690. The number of anilines is 1. The van der Waals surface area contributed by atoms with Crippen LogP contribution >= 0.6 is 27.3 Å². The van der Waals surface area contributed by atoms with E-state index in [1.165, 1.54) is 23.5 Å². The summed E-state index contributed by atoms with van der Waals surface area (Å²) < 4.78 is 19.4. The molecule has 0 unspecified atom stereocenters. The van der Waals surface area contributed by atoms with Gasteiger partial charge in [-0.05, 0) is 30.3 Å². The smallest absolute Gasteiger partial charge is 0.264 e. The zero-order chi connectivity index (χ0) is 16.9. The van der Waals surface area contributed by atoms with Crippen LogP contribution in [-0.4, -0.2) is 22.5 Å². The Morgan fingerprint density at radius 3 is 2.92 bits per heavy atom. The summed E-state index contributed by atoms with van der Waals surface area (Å²) in [7, 11) is 0. The molecule has 1 aromatic carbocycles. The van der Waals surface area contributed by atoms with Crippen molar-refractivity contribution in [3.8, 4) is 17.1 Å². The predicted molar refractivity (Wildman–Crippen MR) is 93.6 cm³/mol. The Hall–Kier alpha value is -2.32. The second-order valence-electron chi connectivity index (χ2n) is 4.66. The third kappa shape index (κ3) is 4.15. The molecule has 0 radical (unpaired) electrons. The molecule has 0 bridgehead atoms. The summed E-state index contributed by atoms with van der Waals surface area (Å²) in [4.78, 5) is 20.4. The number of benzene rings is 1. The minimum atomic E-state index is -0.538. The van der Waals surface area contributed by atoms with E-state index >= 15 is 0 Å². The predicted octanol–water partition coefficient (Wildman–Crippen LogP) is 4.12. The number of amides is 1. The molecule has 2 aromatic heterocycles. The zero-order valence-corrected chi connectivity index (χ0v) is 14.6. The summed E-state index contributed by atoms with van der Waals surface area (Å²) in [5, 5.41) is 4.85. The second kappa shape index (κ2) is 7.50. The van der Waals surface area contributed by atoms with E-state index in [1.54, 1.807) is 17.6 Å². The first-order valence-electron chi connectivity index (χ1n) is 6.86. The van der Waals surface area contributed by atoms with Gasteiger partial charge in [-0.2, -0.15) is 0 Å². The van der Waals surface area contributed by atoms with Crippen molar-refractivity contribution in [2.45, 2.75) is 0 Å². The average Bonchev–Trinajstić information content (AvgIpc) is 3.03. The van der Waals surface area contributed by atoms with Gasteiger partial charge in [0, 0.05) is 16.0 Å². The number of carbonyl (C=O) groups is 1. The molecule has 0 fully saturated rings. The van der Waals surface area contributed by atoms with Gasteiger partial charge in [-0.1, -0.05) is 22.0 Å². The van der Waals surface area contributed by atoms with E-state index < -0.39 is 11.7 Å². The maximum absolute atomic E-state index is 13.6. The van der Waals surface area contributed by atoms with E-state index in [0.29, 0.717) is 15.3 Å². The minimum absolute atomic E-state index is 0.0154. The topological polar surface area (TPSA) is 64.1 Å². The van der Waals surface area contributed by atoms with E-state index in [2.05, 4.69) is 31.2 Å². The molecule has 8 heteroatoms. The summed E-state index contributed by atoms with van der Waals surface area (Å²) in [6, 6.07) is 9.87. The molecule has 0 aliphatic heterocycles. The number of nitrogens with one attached hydrogen (secondary N) is 1. The van der Waals surface area contributed by atoms with E-state index in [9.17, 15) is 9.18 Å². The molecule has 0 saturated carbocycles. The molecule has 0 spiro atoms. The number of aromatic nitrogens is 2. The lowest BCUT2D eigenvalue weighted by Crippen LogP contribution is -2.20. The maximum Gasteiger partial charge on any atom is 0.264 e. The molecule has 1 amide bonds. The molecule has 2 heterocycles. The number of nitrogens with zero attached hydrogens (tertiary/aromatic N) is 2. The summed E-state index contributed by atoms with van der Waals surface area (Å²) >= 11 is 4.44. The number of ether oxygens (including phenoxy) is 1. The number of rotatable bonds is 5. The number of pyridine rings is 1. The van der Waals surface area contributed by atoms with Gasteiger partial charge in [0.25, 0.3) is 5.91 Å². The minimum Gasteiger partial charge on any atom is -0.481 e. The molecule has 24 heavy (non-hydrogen) atoms. The highest BCUT2D eigenvalue weighted by molar-refractivity contribution is 9.10. The Labute approximate surface area is 149 Å². The second-order valence-corrected chi connectivity index (χ2v) is 6.44. The molecular formula is C16H11BrFN3O2S. The van der Waals surface area contributed by atoms with Crippen molar-refractivity contribution in [1.82, 2.24) is 9.97 Å². The zero-order valence-electron chi connectivity index (χ0n) is 12.2. The van der Waals surface area contributed by atoms with Crippen LogP contribution in [-0.2, 0) is 4.79 Å². The van der Waals surface area contributed by atoms with Crippen molar-refractivity contribution >= 4 is 38.3 Å². The molecule has 0 atom stereocenters. The number of halogens is 2. The molecular weight excluding hydrogens is 397 g/mol. The Kier molecular flexibility index (Phi) is 5.17. The van der Waals surface area contributed by atoms with Crippen molar-refractivity contribution in [1.29, 1.82) is 0 Å². The monoisotopic (exact) mass is 407 g/mol. The highest BCUT2D eigenvalue weighted by Gasteiger charge is 2.11. The van der Waals surface area contributed by atoms with Gasteiger partial charge in [-0.25, -0.2) is 9.37 Å². The van der Waals surface area contributed by atoms with Gasteiger partial charge in [0.2, 0.25) is 0 Å². The van der Waals surface area contributed by atoms with Crippen molar-refractivity contribution in [3.05, 3.63) is 58.3 Å². The van der Waals surface area contributed by atoms with Crippen LogP contribution in [0.1, 0.15) is 0 Å². The highest BCUT2D eigenvalue weighted by Crippen LogP contribution is 2.24. The third-order valence-corrected chi connectivity index (χ3v) is 4.18. The Balaban J connectivity index is 1.58. The molecule has 1 N–H and O–H groups in total. The van der Waals surface area contributed by atoms with Crippen LogP contribution in [0.2, 0.25) is 0 Å². The average molecular weight is 408 g/mol. The van der Waals surface area contributed by atoms with Crippen LogP contribution in [0.4, 0.5) is 9.52 Å². The Morgan fingerprint density at radius 2 is 2.17 bits per heavy atom. The van der Waals surface area contributed by atoms with Crippen LogP contribution in [0.25, 0.3) is 11.4 Å². The van der Waals surface area contributed by atoms with Gasteiger partial charge < -0.3 is 4.74 Å². The highest BCUT2D eigenvalue weighted by atomic mass is 79.9. The molecule has 122 valence electrons. The summed E-state index contributed by atoms with van der Waals surface area (Å²) in [6.07, 6.45) is 1.67. The van der Waals surface area contributed by atoms with Gasteiger partial charge >= 0.3 is 0 Å². The van der Waals surface area contributed by atoms with Gasteiger partial charge in [0.05, 0.1) is 5.69 Å². The summed E-state index contributed by atoms with van der Waals surface area (Å²) in [5.74, 6) is -0.940. The van der Waals surface area contributed by atoms with E-state index in [1.807, 2.05) is 18.2 Å². The molecule has 5 nitrogen and oxygen atoms in total. The van der Waals surface area contributed by atoms with Crippen molar-refractivity contribution in [3.63, 3.8) is 0 Å². The number of hydrogen-bond acceptors (Lipinski definition) is 5. The van der Waals surface area contributed by atoms with Crippen molar-refractivity contribution < 1.29 is 13.9 Å². The molecule has 3 rings (SSSR count). The lowest BCUT2D eigenvalue weighted by Gasteiger charge is -2.07. The number of thiazole rings is 1. The lowest BCUT2D eigenvalue weighted by atomic mass is 10.3. The third-order valence-electron chi connectivity index (χ3n) is 2.93. The lowest BCUT2D eigenvalue weighted by molar-refractivity contribution is -0.118. The van der Waals surface area contributed by atoms with Crippen LogP contribution in [0.15, 0.2) is 52.4 Å². The largest absolute Gasteiger partial charge is 0.481 e. The van der Waals surface area contributed by atoms with E-state index in [-0.39, 0.29) is 12.4 Å².